The van der Waals surface area contributed by atoms with Gasteiger partial charge < -0.3 is 8.85 Å². The van der Waals surface area contributed by atoms with Gasteiger partial charge in [-0.2, -0.15) is 5.26 Å². The van der Waals surface area contributed by atoms with E-state index in [9.17, 15) is 0 Å². The summed E-state index contributed by atoms with van der Waals surface area (Å²) in [6.45, 7) is 7.79. The molecule has 0 aliphatic carbocycles. The van der Waals surface area contributed by atoms with Crippen LogP contribution in [0.1, 0.15) is 18.4 Å². The van der Waals surface area contributed by atoms with Crippen molar-refractivity contribution in [3.63, 3.8) is 0 Å². The van der Waals surface area contributed by atoms with Crippen molar-refractivity contribution >= 4 is 16.6 Å². The number of hydrogen-bond donors (Lipinski definition) is 0. The predicted octanol–water partition coefficient (Wildman–Crippen LogP) is 4.53. The number of benzene rings is 1. The van der Waals surface area contributed by atoms with Gasteiger partial charge in [0.2, 0.25) is 0 Å². The molecule has 0 amide bonds. The van der Waals surface area contributed by atoms with Gasteiger partial charge in [-0.1, -0.05) is 6.42 Å². The highest BCUT2D eigenvalue weighted by Crippen LogP contribution is 2.36. The number of ether oxygens (including phenoxy) is 1. The van der Waals surface area contributed by atoms with E-state index in [1.165, 1.54) is 18.5 Å². The highest BCUT2D eigenvalue weighted by molar-refractivity contribution is 6.86. The smallest absolute Gasteiger partial charge is 0.176 e. The Morgan fingerprint density at radius 1 is 1.24 bits per heavy atom. The summed E-state index contributed by atoms with van der Waals surface area (Å²) in [6.07, 6.45) is 2.42. The number of hydrogen-bond acceptors (Lipinski definition) is 3. The Balaban J connectivity index is 1.69. The molecule has 0 spiro atoms. The Morgan fingerprint density at radius 2 is 1.90 bits per heavy atom. The second kappa shape index (κ2) is 6.78. The van der Waals surface area contributed by atoms with E-state index in [-0.39, 0.29) is 0 Å². The minimum absolute atomic E-state index is 0.669. The quantitative estimate of drug-likeness (QED) is 0.548. The summed E-state index contributed by atoms with van der Waals surface area (Å²) in [5.41, 5.74) is 0.669. The third-order valence-electron chi connectivity index (χ3n) is 4.11. The van der Waals surface area contributed by atoms with Crippen LogP contribution in [-0.4, -0.2) is 23.2 Å². The minimum atomic E-state index is -1.52. The van der Waals surface area contributed by atoms with Crippen molar-refractivity contribution in [1.29, 1.82) is 5.26 Å². The van der Waals surface area contributed by atoms with Gasteiger partial charge in [0, 0.05) is 0 Å². The summed E-state index contributed by atoms with van der Waals surface area (Å²) in [7, 11) is -2.80. The molecule has 21 heavy (non-hydrogen) atoms. The average Bonchev–Trinajstić information content (AvgIpc) is 2.42. The lowest BCUT2D eigenvalue weighted by atomic mass is 10.2. The second-order valence-corrected chi connectivity index (χ2v) is 15.5. The number of nitrogens with zero attached hydrogens (tertiary/aromatic N) is 1. The van der Waals surface area contributed by atoms with E-state index >= 15 is 0 Å². The van der Waals surface area contributed by atoms with Crippen molar-refractivity contribution < 1.29 is 8.85 Å². The Bertz CT molecular complexity index is 504. The fraction of sp³-hybridized carbons (Fsp3) is 0.562. The van der Waals surface area contributed by atoms with E-state index in [2.05, 4.69) is 25.7 Å². The fourth-order valence-corrected chi connectivity index (χ4v) is 11.7. The molecule has 1 heterocycles. The Hall–Kier alpha value is -1.10. The maximum absolute atomic E-state index is 8.75. The largest absolute Gasteiger partial charge is 0.494 e. The van der Waals surface area contributed by atoms with Crippen molar-refractivity contribution in [1.82, 2.24) is 0 Å². The van der Waals surface area contributed by atoms with Gasteiger partial charge in [-0.25, -0.2) is 0 Å². The molecule has 5 heteroatoms. The SMILES string of the molecule is C[Si](C)(CCCOc1ccc(C#N)cc1)O[Si]1(C)CCC1. The van der Waals surface area contributed by atoms with E-state index < -0.39 is 16.6 Å². The molecule has 3 nitrogen and oxygen atoms in total. The van der Waals surface area contributed by atoms with Crippen LogP contribution in [0.4, 0.5) is 0 Å². The number of rotatable bonds is 7. The van der Waals surface area contributed by atoms with E-state index in [0.29, 0.717) is 5.56 Å². The highest BCUT2D eigenvalue weighted by Gasteiger charge is 2.41. The summed E-state index contributed by atoms with van der Waals surface area (Å²) in [5, 5.41) is 8.75. The first-order valence-electron chi connectivity index (χ1n) is 7.76. The zero-order valence-electron chi connectivity index (χ0n) is 13.3. The fourth-order valence-electron chi connectivity index (χ4n) is 2.81. The first-order chi connectivity index (χ1) is 9.92. The highest BCUT2D eigenvalue weighted by atomic mass is 28.4. The van der Waals surface area contributed by atoms with Gasteiger partial charge in [-0.05, 0) is 68.5 Å². The normalized spacial score (nSPS) is 16.9. The van der Waals surface area contributed by atoms with E-state index in [1.54, 1.807) is 12.1 Å². The van der Waals surface area contributed by atoms with E-state index in [4.69, 9.17) is 14.1 Å². The third-order valence-corrected chi connectivity index (χ3v) is 12.7. The van der Waals surface area contributed by atoms with Gasteiger partial charge in [-0.3, -0.25) is 0 Å². The van der Waals surface area contributed by atoms with Gasteiger partial charge in [0.1, 0.15) is 5.75 Å². The summed E-state index contributed by atoms with van der Waals surface area (Å²) in [5.74, 6) is 0.842. The van der Waals surface area contributed by atoms with Crippen molar-refractivity contribution in [3.05, 3.63) is 29.8 Å². The topological polar surface area (TPSA) is 42.2 Å². The molecule has 1 saturated heterocycles. The summed E-state index contributed by atoms with van der Waals surface area (Å²) < 4.78 is 12.3. The Labute approximate surface area is 130 Å². The standard InChI is InChI=1S/C16H25NO2Si2/c1-20(2,19-21(3)12-5-13-21)11-4-10-18-16-8-6-15(14-17)7-9-16/h6-9H,4-5,10-13H2,1-3H3. The van der Waals surface area contributed by atoms with Crippen LogP contribution < -0.4 is 4.74 Å². The molecule has 0 bridgehead atoms. The molecule has 0 radical (unpaired) electrons. The van der Waals surface area contributed by atoms with Gasteiger partial charge in [0.25, 0.3) is 0 Å². The molecule has 0 saturated carbocycles. The van der Waals surface area contributed by atoms with Crippen LogP contribution in [0.3, 0.4) is 0 Å². The van der Waals surface area contributed by atoms with Gasteiger partial charge >= 0.3 is 0 Å². The average molecular weight is 320 g/mol. The van der Waals surface area contributed by atoms with Crippen LogP contribution in [0.5, 0.6) is 5.75 Å². The molecule has 114 valence electrons. The molecule has 0 unspecified atom stereocenters. The summed E-state index contributed by atoms with van der Waals surface area (Å²) >= 11 is 0. The lowest BCUT2D eigenvalue weighted by Gasteiger charge is -2.42. The van der Waals surface area contributed by atoms with Crippen LogP contribution in [0.15, 0.2) is 24.3 Å². The second-order valence-electron chi connectivity index (χ2n) is 6.75. The maximum atomic E-state index is 8.75. The van der Waals surface area contributed by atoms with Crippen molar-refractivity contribution in [2.45, 2.75) is 50.6 Å². The molecule has 1 fully saturated rings. The monoisotopic (exact) mass is 319 g/mol. The molecule has 0 N–H and O–H groups in total. The number of nitriles is 1. The predicted molar refractivity (Wildman–Crippen MR) is 90.5 cm³/mol. The molecular weight excluding hydrogens is 294 g/mol. The zero-order chi connectivity index (χ0) is 15.3. The van der Waals surface area contributed by atoms with Crippen molar-refractivity contribution in [3.8, 4) is 11.8 Å². The maximum Gasteiger partial charge on any atom is 0.176 e. The van der Waals surface area contributed by atoms with E-state index in [0.717, 1.165) is 24.8 Å². The Kier molecular flexibility index (Phi) is 5.25. The molecule has 1 aliphatic heterocycles. The van der Waals surface area contributed by atoms with Gasteiger partial charge in [0.05, 0.1) is 18.2 Å². The van der Waals surface area contributed by atoms with Gasteiger partial charge in [0.15, 0.2) is 16.6 Å². The Morgan fingerprint density at radius 3 is 2.43 bits per heavy atom. The third kappa shape index (κ3) is 4.99. The molecule has 1 aromatic carbocycles. The van der Waals surface area contributed by atoms with Crippen LogP contribution in [0, 0.1) is 11.3 Å². The molecule has 1 aromatic rings. The molecule has 2 rings (SSSR count). The van der Waals surface area contributed by atoms with Crippen LogP contribution >= 0.6 is 0 Å². The first kappa shape index (κ1) is 16.3. The van der Waals surface area contributed by atoms with Crippen LogP contribution in [0.25, 0.3) is 0 Å². The van der Waals surface area contributed by atoms with E-state index in [1.807, 2.05) is 12.1 Å². The first-order valence-corrected chi connectivity index (χ1v) is 13.7. The molecule has 0 aromatic heterocycles. The molecular formula is C16H25NO2Si2. The lowest BCUT2D eigenvalue weighted by Crippen LogP contribution is -2.50. The zero-order valence-corrected chi connectivity index (χ0v) is 15.3. The van der Waals surface area contributed by atoms with Crippen LogP contribution in [0.2, 0.25) is 37.8 Å². The minimum Gasteiger partial charge on any atom is -0.494 e. The van der Waals surface area contributed by atoms with Gasteiger partial charge in [-0.15, -0.1) is 0 Å². The summed E-state index contributed by atoms with van der Waals surface area (Å²) in [6, 6.07) is 13.3. The van der Waals surface area contributed by atoms with Crippen LogP contribution in [-0.2, 0) is 4.12 Å². The van der Waals surface area contributed by atoms with Crippen molar-refractivity contribution in [2.24, 2.45) is 0 Å². The molecule has 0 atom stereocenters. The molecule has 1 aliphatic rings. The lowest BCUT2D eigenvalue weighted by molar-refractivity contribution is 0.314. The summed E-state index contributed by atoms with van der Waals surface area (Å²) in [4.78, 5) is 0. The van der Waals surface area contributed by atoms with Crippen molar-refractivity contribution in [2.75, 3.05) is 6.61 Å².